The van der Waals surface area contributed by atoms with E-state index in [9.17, 15) is 9.90 Å². The number of amides is 1. The van der Waals surface area contributed by atoms with Gasteiger partial charge in [0, 0.05) is 34.1 Å². The second-order valence-electron chi connectivity index (χ2n) is 6.01. The van der Waals surface area contributed by atoms with Gasteiger partial charge in [-0.15, -0.1) is 0 Å². The van der Waals surface area contributed by atoms with E-state index in [4.69, 9.17) is 0 Å². The summed E-state index contributed by atoms with van der Waals surface area (Å²) in [5.74, 6) is -0.0559. The molecule has 2 atom stereocenters. The first-order chi connectivity index (χ1) is 9.62. The van der Waals surface area contributed by atoms with Gasteiger partial charge in [-0.3, -0.25) is 4.79 Å². The Balaban J connectivity index is 1.78. The van der Waals surface area contributed by atoms with Crippen molar-refractivity contribution >= 4 is 16.8 Å². The summed E-state index contributed by atoms with van der Waals surface area (Å²) in [7, 11) is 0. The Hall–Kier alpha value is -1.81. The summed E-state index contributed by atoms with van der Waals surface area (Å²) in [4.78, 5) is 15.5. The van der Waals surface area contributed by atoms with Gasteiger partial charge in [0.05, 0.1) is 6.61 Å². The van der Waals surface area contributed by atoms with Crippen molar-refractivity contribution in [2.24, 2.45) is 5.41 Å². The fraction of sp³-hybridized carbons (Fsp3) is 0.438. The van der Waals surface area contributed by atoms with Crippen LogP contribution in [0.2, 0.25) is 0 Å². The van der Waals surface area contributed by atoms with Crippen LogP contribution in [0.4, 0.5) is 0 Å². The maximum Gasteiger partial charge on any atom is 0.251 e. The van der Waals surface area contributed by atoms with E-state index < -0.39 is 0 Å². The molecule has 0 saturated heterocycles. The third-order valence-electron chi connectivity index (χ3n) is 4.56. The van der Waals surface area contributed by atoms with E-state index in [0.717, 1.165) is 30.2 Å². The largest absolute Gasteiger partial charge is 0.396 e. The first-order valence-electron chi connectivity index (χ1n) is 7.11. The topological polar surface area (TPSA) is 65.1 Å². The Morgan fingerprint density at radius 1 is 1.50 bits per heavy atom. The lowest BCUT2D eigenvalue weighted by atomic mass is 9.85. The maximum atomic E-state index is 12.4. The first-order valence-corrected chi connectivity index (χ1v) is 7.11. The van der Waals surface area contributed by atoms with Crippen molar-refractivity contribution in [3.05, 3.63) is 36.0 Å². The van der Waals surface area contributed by atoms with E-state index >= 15 is 0 Å². The molecule has 1 saturated carbocycles. The lowest BCUT2D eigenvalue weighted by molar-refractivity contribution is 0.0830. The average Bonchev–Trinajstić information content (AvgIpc) is 3.05. The molecule has 3 N–H and O–H groups in total. The Bertz CT molecular complexity index is 634. The molecule has 1 aromatic carbocycles. The van der Waals surface area contributed by atoms with Gasteiger partial charge in [-0.2, -0.15) is 0 Å². The summed E-state index contributed by atoms with van der Waals surface area (Å²) in [5.41, 5.74) is 1.51. The third kappa shape index (κ3) is 2.20. The summed E-state index contributed by atoms with van der Waals surface area (Å²) < 4.78 is 0. The molecule has 1 heterocycles. The molecule has 1 aliphatic rings. The number of nitrogens with one attached hydrogen (secondary N) is 2. The molecule has 3 rings (SSSR count). The van der Waals surface area contributed by atoms with Crippen molar-refractivity contribution in [1.29, 1.82) is 0 Å². The van der Waals surface area contributed by atoms with Gasteiger partial charge >= 0.3 is 0 Å². The number of fused-ring (bicyclic) bond motifs is 1. The van der Waals surface area contributed by atoms with E-state index in [1.165, 1.54) is 0 Å². The smallest absolute Gasteiger partial charge is 0.251 e. The molecule has 4 nitrogen and oxygen atoms in total. The zero-order valence-electron chi connectivity index (χ0n) is 11.6. The predicted octanol–water partition coefficient (Wildman–Crippen LogP) is 2.45. The fourth-order valence-electron chi connectivity index (χ4n) is 3.10. The minimum absolute atomic E-state index is 0.0559. The Labute approximate surface area is 118 Å². The standard InChI is InChI=1S/C16H20N2O2/c1-16(10-19)7-2-3-14(16)18-15(20)12-4-5-13-11(9-12)6-8-17-13/h4-6,8-9,14,17,19H,2-3,7,10H2,1H3,(H,18,20). The summed E-state index contributed by atoms with van der Waals surface area (Å²) >= 11 is 0. The van der Waals surface area contributed by atoms with Crippen molar-refractivity contribution in [2.45, 2.75) is 32.2 Å². The number of aliphatic hydroxyl groups is 1. The highest BCUT2D eigenvalue weighted by Gasteiger charge is 2.39. The van der Waals surface area contributed by atoms with E-state index in [-0.39, 0.29) is 24.0 Å². The number of hydrogen-bond acceptors (Lipinski definition) is 2. The van der Waals surface area contributed by atoms with Crippen LogP contribution < -0.4 is 5.32 Å². The molecular weight excluding hydrogens is 252 g/mol. The number of carbonyl (C=O) groups excluding carboxylic acids is 1. The van der Waals surface area contributed by atoms with E-state index in [1.807, 2.05) is 37.4 Å². The third-order valence-corrected chi connectivity index (χ3v) is 4.56. The molecule has 2 unspecified atom stereocenters. The van der Waals surface area contributed by atoms with Gasteiger partial charge < -0.3 is 15.4 Å². The molecule has 0 spiro atoms. The van der Waals surface area contributed by atoms with Gasteiger partial charge in [0.1, 0.15) is 0 Å². The number of aromatic nitrogens is 1. The zero-order chi connectivity index (χ0) is 14.2. The molecule has 4 heteroatoms. The quantitative estimate of drug-likeness (QED) is 0.803. The number of H-pyrrole nitrogens is 1. The average molecular weight is 272 g/mol. The van der Waals surface area contributed by atoms with Crippen LogP contribution >= 0.6 is 0 Å². The molecule has 0 aliphatic heterocycles. The van der Waals surface area contributed by atoms with Gasteiger partial charge in [-0.1, -0.05) is 13.3 Å². The van der Waals surface area contributed by atoms with Crippen LogP contribution in [0.3, 0.4) is 0 Å². The molecule has 2 aromatic rings. The fourth-order valence-corrected chi connectivity index (χ4v) is 3.10. The maximum absolute atomic E-state index is 12.4. The van der Waals surface area contributed by atoms with E-state index in [0.29, 0.717) is 5.56 Å². The molecule has 20 heavy (non-hydrogen) atoms. The molecule has 1 amide bonds. The van der Waals surface area contributed by atoms with Crippen molar-refractivity contribution in [3.8, 4) is 0 Å². The van der Waals surface area contributed by atoms with Crippen molar-refractivity contribution in [3.63, 3.8) is 0 Å². The van der Waals surface area contributed by atoms with Crippen LogP contribution in [0.25, 0.3) is 10.9 Å². The number of rotatable bonds is 3. The van der Waals surface area contributed by atoms with Crippen LogP contribution in [0.5, 0.6) is 0 Å². The first kappa shape index (κ1) is 13.2. The second-order valence-corrected chi connectivity index (χ2v) is 6.01. The van der Waals surface area contributed by atoms with Crippen LogP contribution in [0, 0.1) is 5.41 Å². The summed E-state index contributed by atoms with van der Waals surface area (Å²) in [5, 5.41) is 13.7. The van der Waals surface area contributed by atoms with Crippen LogP contribution in [-0.2, 0) is 0 Å². The monoisotopic (exact) mass is 272 g/mol. The van der Waals surface area contributed by atoms with E-state index in [1.54, 1.807) is 0 Å². The van der Waals surface area contributed by atoms with Gasteiger partial charge in [-0.25, -0.2) is 0 Å². The molecule has 0 radical (unpaired) electrons. The SMILES string of the molecule is CC1(CO)CCCC1NC(=O)c1ccc2[nH]ccc2c1. The van der Waals surface area contributed by atoms with Crippen LogP contribution in [-0.4, -0.2) is 28.6 Å². The molecular formula is C16H20N2O2. The molecule has 106 valence electrons. The molecule has 1 fully saturated rings. The van der Waals surface area contributed by atoms with E-state index in [2.05, 4.69) is 10.3 Å². The Morgan fingerprint density at radius 2 is 2.35 bits per heavy atom. The highest BCUT2D eigenvalue weighted by atomic mass is 16.3. The number of carbonyl (C=O) groups is 1. The lowest BCUT2D eigenvalue weighted by Crippen LogP contribution is -2.44. The van der Waals surface area contributed by atoms with Crippen LogP contribution in [0.1, 0.15) is 36.5 Å². The minimum Gasteiger partial charge on any atom is -0.396 e. The number of hydrogen-bond donors (Lipinski definition) is 3. The normalized spacial score (nSPS) is 26.0. The summed E-state index contributed by atoms with van der Waals surface area (Å²) in [6.45, 7) is 2.16. The molecule has 1 aliphatic carbocycles. The van der Waals surface area contributed by atoms with Gasteiger partial charge in [0.2, 0.25) is 0 Å². The number of benzene rings is 1. The molecule has 1 aromatic heterocycles. The van der Waals surface area contributed by atoms with Gasteiger partial charge in [0.25, 0.3) is 5.91 Å². The van der Waals surface area contributed by atoms with Crippen molar-refractivity contribution < 1.29 is 9.90 Å². The van der Waals surface area contributed by atoms with Crippen molar-refractivity contribution in [2.75, 3.05) is 6.61 Å². The number of aliphatic hydroxyl groups excluding tert-OH is 1. The predicted molar refractivity (Wildman–Crippen MR) is 78.6 cm³/mol. The lowest BCUT2D eigenvalue weighted by Gasteiger charge is -2.30. The molecule has 0 bridgehead atoms. The Kier molecular flexibility index (Phi) is 3.26. The minimum atomic E-state index is -0.187. The summed E-state index contributed by atoms with van der Waals surface area (Å²) in [6, 6.07) is 7.66. The Morgan fingerprint density at radius 3 is 3.15 bits per heavy atom. The van der Waals surface area contributed by atoms with Crippen molar-refractivity contribution in [1.82, 2.24) is 10.3 Å². The van der Waals surface area contributed by atoms with Gasteiger partial charge in [0.15, 0.2) is 0 Å². The summed E-state index contributed by atoms with van der Waals surface area (Å²) in [6.07, 6.45) is 4.82. The van der Waals surface area contributed by atoms with Gasteiger partial charge in [-0.05, 0) is 37.1 Å². The number of aromatic amines is 1. The highest BCUT2D eigenvalue weighted by Crippen LogP contribution is 2.37. The van der Waals surface area contributed by atoms with Crippen LogP contribution in [0.15, 0.2) is 30.5 Å². The zero-order valence-corrected chi connectivity index (χ0v) is 11.6. The highest BCUT2D eigenvalue weighted by molar-refractivity contribution is 5.98. The second kappa shape index (κ2) is 4.94.